The Labute approximate surface area is 154 Å². The molecule has 1 amide bonds. The number of rotatable bonds is 2. The van der Waals surface area contributed by atoms with Crippen LogP contribution < -0.4 is 5.56 Å². The third-order valence-corrected chi connectivity index (χ3v) is 5.14. The van der Waals surface area contributed by atoms with E-state index in [9.17, 15) is 9.59 Å². The Balaban J connectivity index is 1.56. The van der Waals surface area contributed by atoms with E-state index in [1.807, 2.05) is 24.3 Å². The predicted molar refractivity (Wildman–Crippen MR) is 101 cm³/mol. The van der Waals surface area contributed by atoms with Gasteiger partial charge in [0.05, 0.1) is 22.5 Å². The number of nitrogens with zero attached hydrogens (tertiary/aromatic N) is 3. The van der Waals surface area contributed by atoms with Crippen LogP contribution in [0.2, 0.25) is 0 Å². The van der Waals surface area contributed by atoms with E-state index < -0.39 is 0 Å². The second-order valence-corrected chi connectivity index (χ2v) is 6.74. The van der Waals surface area contributed by atoms with E-state index in [-0.39, 0.29) is 23.2 Å². The molecule has 0 spiro atoms. The molecule has 2 N–H and O–H groups in total. The lowest BCUT2D eigenvalue weighted by atomic mass is 10.1. The third kappa shape index (κ3) is 2.51. The van der Waals surface area contributed by atoms with E-state index in [0.717, 1.165) is 29.7 Å². The second kappa shape index (κ2) is 6.05. The number of H-pyrrole nitrogens is 2. The topological polar surface area (TPSA) is 94.7 Å². The molecule has 3 heterocycles. The van der Waals surface area contributed by atoms with Crippen LogP contribution in [0.4, 0.5) is 0 Å². The van der Waals surface area contributed by atoms with Crippen LogP contribution in [0, 0.1) is 0 Å². The maximum Gasteiger partial charge on any atom is 0.275 e. The SMILES string of the molecule is O=C(c1n[nH]c(=O)c2ccccc12)N1CCC[C@H]1c1nc2ccccc2[nH]1. The van der Waals surface area contributed by atoms with Crippen LogP contribution in [0.25, 0.3) is 21.8 Å². The van der Waals surface area contributed by atoms with Gasteiger partial charge >= 0.3 is 0 Å². The average Bonchev–Trinajstić information content (AvgIpc) is 3.34. The van der Waals surface area contributed by atoms with Gasteiger partial charge in [-0.1, -0.05) is 30.3 Å². The smallest absolute Gasteiger partial charge is 0.275 e. The van der Waals surface area contributed by atoms with Crippen LogP contribution in [0.1, 0.15) is 35.2 Å². The maximum absolute atomic E-state index is 13.3. The van der Waals surface area contributed by atoms with E-state index in [1.165, 1.54) is 0 Å². The number of hydrogen-bond acceptors (Lipinski definition) is 4. The minimum absolute atomic E-state index is 0.127. The Morgan fingerprint density at radius 3 is 2.70 bits per heavy atom. The average molecular weight is 359 g/mol. The first kappa shape index (κ1) is 15.7. The Morgan fingerprint density at radius 2 is 1.85 bits per heavy atom. The van der Waals surface area contributed by atoms with Crippen LogP contribution in [0.3, 0.4) is 0 Å². The normalized spacial score (nSPS) is 17.0. The van der Waals surface area contributed by atoms with Crippen molar-refractivity contribution in [2.75, 3.05) is 6.54 Å². The quantitative estimate of drug-likeness (QED) is 0.575. The van der Waals surface area contributed by atoms with Gasteiger partial charge in [0.1, 0.15) is 5.82 Å². The molecule has 2 aromatic heterocycles. The molecule has 0 saturated carbocycles. The molecule has 0 aliphatic carbocycles. The predicted octanol–water partition coefficient (Wildman–Crippen LogP) is 2.78. The Morgan fingerprint density at radius 1 is 1.07 bits per heavy atom. The molecular formula is C20H17N5O2. The number of amides is 1. The number of nitrogens with one attached hydrogen (secondary N) is 2. The minimum Gasteiger partial charge on any atom is -0.340 e. The number of hydrogen-bond donors (Lipinski definition) is 2. The highest BCUT2D eigenvalue weighted by atomic mass is 16.2. The molecule has 4 aromatic rings. The molecule has 1 atom stereocenters. The molecule has 0 radical (unpaired) electrons. The van der Waals surface area contributed by atoms with Crippen molar-refractivity contribution in [2.24, 2.45) is 0 Å². The van der Waals surface area contributed by atoms with Crippen molar-refractivity contribution < 1.29 is 4.79 Å². The van der Waals surface area contributed by atoms with Crippen molar-refractivity contribution in [2.45, 2.75) is 18.9 Å². The zero-order valence-corrected chi connectivity index (χ0v) is 14.5. The van der Waals surface area contributed by atoms with Crippen molar-refractivity contribution in [3.8, 4) is 0 Å². The number of fused-ring (bicyclic) bond motifs is 2. The number of carbonyl (C=O) groups excluding carboxylic acids is 1. The largest absolute Gasteiger partial charge is 0.340 e. The highest BCUT2D eigenvalue weighted by Gasteiger charge is 2.34. The molecule has 1 aliphatic heterocycles. The van der Waals surface area contributed by atoms with Crippen LogP contribution in [-0.4, -0.2) is 37.5 Å². The first-order valence-corrected chi connectivity index (χ1v) is 8.95. The zero-order chi connectivity index (χ0) is 18.4. The fourth-order valence-corrected chi connectivity index (χ4v) is 3.84. The highest BCUT2D eigenvalue weighted by Crippen LogP contribution is 2.33. The summed E-state index contributed by atoms with van der Waals surface area (Å²) < 4.78 is 0. The summed E-state index contributed by atoms with van der Waals surface area (Å²) in [6.07, 6.45) is 1.74. The molecular weight excluding hydrogens is 342 g/mol. The lowest BCUT2D eigenvalue weighted by Gasteiger charge is -2.23. The third-order valence-electron chi connectivity index (χ3n) is 5.14. The van der Waals surface area contributed by atoms with Gasteiger partial charge in [0.15, 0.2) is 5.69 Å². The van der Waals surface area contributed by atoms with Crippen molar-refractivity contribution in [1.82, 2.24) is 25.1 Å². The van der Waals surface area contributed by atoms with Crippen molar-refractivity contribution in [3.05, 3.63) is 70.4 Å². The summed E-state index contributed by atoms with van der Waals surface area (Å²) in [7, 11) is 0. The minimum atomic E-state index is -0.294. The van der Waals surface area contributed by atoms with Gasteiger partial charge in [-0.05, 0) is 31.0 Å². The molecule has 5 rings (SSSR count). The van der Waals surface area contributed by atoms with Gasteiger partial charge in [0.25, 0.3) is 11.5 Å². The summed E-state index contributed by atoms with van der Waals surface area (Å²) in [6.45, 7) is 0.635. The summed E-state index contributed by atoms with van der Waals surface area (Å²) in [5, 5.41) is 7.55. The highest BCUT2D eigenvalue weighted by molar-refractivity contribution is 6.05. The molecule has 0 bridgehead atoms. The summed E-state index contributed by atoms with van der Waals surface area (Å²) in [5.74, 6) is 0.598. The Hall–Kier alpha value is -3.48. The van der Waals surface area contributed by atoms with Crippen molar-refractivity contribution in [1.29, 1.82) is 0 Å². The van der Waals surface area contributed by atoms with Crippen LogP contribution >= 0.6 is 0 Å². The number of aromatic nitrogens is 4. The Bertz CT molecular complexity index is 1190. The Kier molecular flexibility index (Phi) is 3.53. The monoisotopic (exact) mass is 359 g/mol. The van der Waals surface area contributed by atoms with Gasteiger partial charge < -0.3 is 9.88 Å². The molecule has 2 aromatic carbocycles. The van der Waals surface area contributed by atoms with E-state index in [1.54, 1.807) is 29.2 Å². The number of benzene rings is 2. The van der Waals surface area contributed by atoms with Crippen LogP contribution in [-0.2, 0) is 0 Å². The summed E-state index contributed by atoms with van der Waals surface area (Å²) >= 11 is 0. The summed E-state index contributed by atoms with van der Waals surface area (Å²) in [4.78, 5) is 35.1. The fourth-order valence-electron chi connectivity index (χ4n) is 3.84. The van der Waals surface area contributed by atoms with Crippen molar-refractivity contribution >= 4 is 27.7 Å². The molecule has 1 aliphatic rings. The van der Waals surface area contributed by atoms with E-state index in [4.69, 9.17) is 0 Å². The molecule has 1 fully saturated rings. The van der Waals surface area contributed by atoms with Crippen LogP contribution in [0.5, 0.6) is 0 Å². The van der Waals surface area contributed by atoms with Gasteiger partial charge in [0, 0.05) is 11.9 Å². The van der Waals surface area contributed by atoms with Crippen molar-refractivity contribution in [3.63, 3.8) is 0 Å². The van der Waals surface area contributed by atoms with Crippen LogP contribution in [0.15, 0.2) is 53.3 Å². The molecule has 134 valence electrons. The number of carbonyl (C=O) groups is 1. The molecule has 7 nitrogen and oxygen atoms in total. The summed E-state index contributed by atoms with van der Waals surface area (Å²) in [5.41, 5.74) is 1.82. The first-order valence-electron chi connectivity index (χ1n) is 8.95. The summed E-state index contributed by atoms with van der Waals surface area (Å²) in [6, 6.07) is 14.7. The van der Waals surface area contributed by atoms with E-state index in [0.29, 0.717) is 17.3 Å². The molecule has 1 saturated heterocycles. The second-order valence-electron chi connectivity index (χ2n) is 6.74. The standard InChI is InChI=1S/C20H17N5O2/c26-19-13-7-2-1-6-12(13)17(23-24-19)20(27)25-11-5-10-16(25)18-21-14-8-3-4-9-15(14)22-18/h1-4,6-9,16H,5,10-11H2,(H,21,22)(H,24,26)/t16-/m0/s1. The zero-order valence-electron chi connectivity index (χ0n) is 14.5. The first-order chi connectivity index (χ1) is 13.2. The maximum atomic E-state index is 13.3. The van der Waals surface area contributed by atoms with Gasteiger partial charge in [0.2, 0.25) is 0 Å². The number of likely N-dealkylation sites (tertiary alicyclic amines) is 1. The lowest BCUT2D eigenvalue weighted by Crippen LogP contribution is -2.32. The van der Waals surface area contributed by atoms with E-state index >= 15 is 0 Å². The molecule has 0 unspecified atom stereocenters. The van der Waals surface area contributed by atoms with Gasteiger partial charge in [-0.15, -0.1) is 0 Å². The van der Waals surface area contributed by atoms with Gasteiger partial charge in [-0.2, -0.15) is 5.10 Å². The number of imidazole rings is 1. The molecule has 7 heteroatoms. The van der Waals surface area contributed by atoms with Gasteiger partial charge in [-0.3, -0.25) is 9.59 Å². The molecule has 27 heavy (non-hydrogen) atoms. The van der Waals surface area contributed by atoms with E-state index in [2.05, 4.69) is 20.2 Å². The lowest BCUT2D eigenvalue weighted by molar-refractivity contribution is 0.0725. The fraction of sp³-hybridized carbons (Fsp3) is 0.200. The number of aromatic amines is 2. The van der Waals surface area contributed by atoms with Gasteiger partial charge in [-0.25, -0.2) is 10.1 Å². The number of para-hydroxylation sites is 2.